The van der Waals surface area contributed by atoms with Crippen molar-refractivity contribution in [2.24, 2.45) is 0 Å². The summed E-state index contributed by atoms with van der Waals surface area (Å²) < 4.78 is 0. The number of carbonyl (C=O) groups is 1. The molecule has 0 unspecified atom stereocenters. The van der Waals surface area contributed by atoms with Crippen molar-refractivity contribution in [3.8, 4) is 0 Å². The van der Waals surface area contributed by atoms with Gasteiger partial charge in [0.05, 0.1) is 0 Å². The van der Waals surface area contributed by atoms with Gasteiger partial charge in [0.25, 0.3) is 5.91 Å². The molecule has 1 aliphatic heterocycles. The Kier molecular flexibility index (Phi) is 9.61. The first kappa shape index (κ1) is 28.1. The summed E-state index contributed by atoms with van der Waals surface area (Å²) in [6.07, 6.45) is 9.48. The van der Waals surface area contributed by atoms with Gasteiger partial charge in [-0.2, -0.15) is 0 Å². The van der Waals surface area contributed by atoms with Crippen LogP contribution in [-0.2, 0) is 0 Å². The standard InChI is InChI=1S/C31H41N5O/c1-22(18-23(2)28(14-15-34(4)5)27-9-11-30(32)33-20-27)21-36-16-12-25(13-17-36)26-8-10-29(24(3)19-26)31(37)35(6)7/h8-12,14,18-20H,2,13,15-17,21H2,1,3-7H3,(H2,32,33)/b22-18+,28-14+. The molecule has 1 amide bonds. The van der Waals surface area contributed by atoms with E-state index in [1.807, 2.05) is 31.3 Å². The van der Waals surface area contributed by atoms with Gasteiger partial charge in [0, 0.05) is 57.6 Å². The average molecular weight is 500 g/mol. The zero-order valence-corrected chi connectivity index (χ0v) is 23.2. The van der Waals surface area contributed by atoms with Gasteiger partial charge < -0.3 is 15.5 Å². The van der Waals surface area contributed by atoms with E-state index in [1.54, 1.807) is 19.0 Å². The fourth-order valence-electron chi connectivity index (χ4n) is 4.51. The van der Waals surface area contributed by atoms with Gasteiger partial charge in [-0.15, -0.1) is 0 Å². The molecule has 1 aromatic carbocycles. The Morgan fingerprint density at radius 3 is 2.51 bits per heavy atom. The number of benzene rings is 1. The normalized spacial score (nSPS) is 15.1. The van der Waals surface area contributed by atoms with E-state index in [9.17, 15) is 4.79 Å². The summed E-state index contributed by atoms with van der Waals surface area (Å²) in [5.74, 6) is 0.558. The summed E-state index contributed by atoms with van der Waals surface area (Å²) in [4.78, 5) is 22.8. The Labute approximate surface area is 222 Å². The van der Waals surface area contributed by atoms with Crippen molar-refractivity contribution in [3.63, 3.8) is 0 Å². The van der Waals surface area contributed by atoms with Gasteiger partial charge in [-0.25, -0.2) is 4.98 Å². The molecular formula is C31H41N5O. The lowest BCUT2D eigenvalue weighted by Crippen LogP contribution is -2.30. The van der Waals surface area contributed by atoms with Gasteiger partial charge in [0.2, 0.25) is 0 Å². The second-order valence-corrected chi connectivity index (χ2v) is 10.3. The van der Waals surface area contributed by atoms with Crippen LogP contribution < -0.4 is 5.73 Å². The molecule has 3 rings (SSSR count). The smallest absolute Gasteiger partial charge is 0.253 e. The summed E-state index contributed by atoms with van der Waals surface area (Å²) in [6, 6.07) is 10.0. The Bertz CT molecular complexity index is 1220. The highest BCUT2D eigenvalue weighted by Crippen LogP contribution is 2.27. The minimum Gasteiger partial charge on any atom is -0.384 e. The highest BCUT2D eigenvalue weighted by atomic mass is 16.2. The van der Waals surface area contributed by atoms with E-state index in [0.29, 0.717) is 5.82 Å². The Balaban J connectivity index is 1.67. The van der Waals surface area contributed by atoms with Crippen LogP contribution in [0.25, 0.3) is 11.1 Å². The van der Waals surface area contributed by atoms with E-state index in [1.165, 1.54) is 16.7 Å². The van der Waals surface area contributed by atoms with Crippen LogP contribution in [0.3, 0.4) is 0 Å². The van der Waals surface area contributed by atoms with Crippen molar-refractivity contribution >= 4 is 22.9 Å². The van der Waals surface area contributed by atoms with Crippen molar-refractivity contribution in [1.82, 2.24) is 19.7 Å². The lowest BCUT2D eigenvalue weighted by molar-refractivity contribution is 0.0827. The Hall–Kier alpha value is -3.48. The molecule has 0 saturated heterocycles. The molecule has 2 aromatic rings. The molecule has 0 spiro atoms. The maximum atomic E-state index is 12.4. The van der Waals surface area contributed by atoms with Crippen LogP contribution in [0, 0.1) is 6.92 Å². The summed E-state index contributed by atoms with van der Waals surface area (Å²) in [5, 5.41) is 0. The van der Waals surface area contributed by atoms with Crippen molar-refractivity contribution in [2.75, 3.05) is 60.1 Å². The number of amides is 1. The van der Waals surface area contributed by atoms with Crippen LogP contribution in [-0.4, -0.2) is 80.0 Å². The number of rotatable bonds is 9. The van der Waals surface area contributed by atoms with E-state index in [0.717, 1.165) is 60.4 Å². The number of allylic oxidation sites excluding steroid dienone is 3. The number of nitrogens with two attached hydrogens (primary N) is 1. The second kappa shape index (κ2) is 12.7. The molecule has 0 bridgehead atoms. The summed E-state index contributed by atoms with van der Waals surface area (Å²) >= 11 is 0. The molecular weight excluding hydrogens is 458 g/mol. The number of likely N-dealkylation sites (N-methyl/N-ethyl adjacent to an activating group) is 1. The number of aryl methyl sites for hydroxylation is 1. The predicted octanol–water partition coefficient (Wildman–Crippen LogP) is 4.91. The first-order valence-corrected chi connectivity index (χ1v) is 12.7. The molecule has 0 fully saturated rings. The highest BCUT2D eigenvalue weighted by Gasteiger charge is 2.16. The molecule has 6 heteroatoms. The number of hydrogen-bond acceptors (Lipinski definition) is 5. The van der Waals surface area contributed by atoms with Crippen LogP contribution in [0.2, 0.25) is 0 Å². The fraction of sp³-hybridized carbons (Fsp3) is 0.355. The number of anilines is 1. The van der Waals surface area contributed by atoms with Crippen LogP contribution in [0.15, 0.2) is 72.5 Å². The minimum atomic E-state index is 0.0454. The van der Waals surface area contributed by atoms with Gasteiger partial charge in [-0.1, -0.05) is 42.5 Å². The number of pyridine rings is 1. The lowest BCUT2D eigenvalue weighted by atomic mass is 9.95. The van der Waals surface area contributed by atoms with Crippen molar-refractivity contribution in [3.05, 3.63) is 94.7 Å². The quantitative estimate of drug-likeness (QED) is 0.497. The van der Waals surface area contributed by atoms with Crippen LogP contribution >= 0.6 is 0 Å². The molecule has 37 heavy (non-hydrogen) atoms. The monoisotopic (exact) mass is 499 g/mol. The first-order valence-electron chi connectivity index (χ1n) is 12.7. The predicted molar refractivity (Wildman–Crippen MR) is 156 cm³/mol. The maximum absolute atomic E-state index is 12.4. The SMILES string of the molecule is C=C(/C=C(\C)CN1CC=C(c2ccc(C(=O)N(C)C)c(C)c2)CC1)/C(=C\CN(C)C)c1ccc(N)nc1. The van der Waals surface area contributed by atoms with Gasteiger partial charge in [0.15, 0.2) is 0 Å². The molecule has 0 saturated carbocycles. The molecule has 1 aromatic heterocycles. The lowest BCUT2D eigenvalue weighted by Gasteiger charge is -2.27. The van der Waals surface area contributed by atoms with Crippen LogP contribution in [0.1, 0.15) is 40.4 Å². The summed E-state index contributed by atoms with van der Waals surface area (Å²) in [6.45, 7) is 12.1. The first-order chi connectivity index (χ1) is 17.5. The van der Waals surface area contributed by atoms with E-state index in [-0.39, 0.29) is 5.91 Å². The number of nitrogen functional groups attached to an aromatic ring is 1. The molecule has 196 valence electrons. The van der Waals surface area contributed by atoms with Gasteiger partial charge >= 0.3 is 0 Å². The Morgan fingerprint density at radius 2 is 1.95 bits per heavy atom. The average Bonchev–Trinajstić information content (AvgIpc) is 2.85. The van der Waals surface area contributed by atoms with E-state index < -0.39 is 0 Å². The highest BCUT2D eigenvalue weighted by molar-refractivity contribution is 5.95. The Morgan fingerprint density at radius 1 is 1.19 bits per heavy atom. The molecule has 0 aliphatic carbocycles. The van der Waals surface area contributed by atoms with E-state index in [4.69, 9.17) is 5.73 Å². The zero-order valence-electron chi connectivity index (χ0n) is 23.2. The molecule has 2 N–H and O–H groups in total. The molecule has 0 atom stereocenters. The molecule has 6 nitrogen and oxygen atoms in total. The fourth-order valence-corrected chi connectivity index (χ4v) is 4.51. The summed E-state index contributed by atoms with van der Waals surface area (Å²) in [7, 11) is 7.68. The van der Waals surface area contributed by atoms with Gasteiger partial charge in [-0.3, -0.25) is 9.69 Å². The second-order valence-electron chi connectivity index (χ2n) is 10.3. The number of carbonyl (C=O) groups excluding carboxylic acids is 1. The largest absolute Gasteiger partial charge is 0.384 e. The number of hydrogen-bond donors (Lipinski definition) is 1. The van der Waals surface area contributed by atoms with Gasteiger partial charge in [-0.05, 0) is 80.4 Å². The third-order valence-corrected chi connectivity index (χ3v) is 6.52. The van der Waals surface area contributed by atoms with E-state index >= 15 is 0 Å². The van der Waals surface area contributed by atoms with Crippen molar-refractivity contribution in [2.45, 2.75) is 20.3 Å². The third kappa shape index (κ3) is 7.75. The van der Waals surface area contributed by atoms with Gasteiger partial charge in [0.1, 0.15) is 5.82 Å². The molecule has 0 radical (unpaired) electrons. The summed E-state index contributed by atoms with van der Waals surface area (Å²) in [5.41, 5.74) is 14.5. The molecule has 1 aliphatic rings. The van der Waals surface area contributed by atoms with Crippen LogP contribution in [0.5, 0.6) is 0 Å². The number of aromatic nitrogens is 1. The van der Waals surface area contributed by atoms with E-state index in [2.05, 4.69) is 72.7 Å². The number of nitrogens with zero attached hydrogens (tertiary/aromatic N) is 4. The van der Waals surface area contributed by atoms with Crippen molar-refractivity contribution in [1.29, 1.82) is 0 Å². The van der Waals surface area contributed by atoms with Crippen molar-refractivity contribution < 1.29 is 4.79 Å². The zero-order chi connectivity index (χ0) is 27.1. The molecule has 2 heterocycles. The maximum Gasteiger partial charge on any atom is 0.253 e. The minimum absolute atomic E-state index is 0.0454. The van der Waals surface area contributed by atoms with Crippen LogP contribution in [0.4, 0.5) is 5.82 Å². The third-order valence-electron chi connectivity index (χ3n) is 6.52. The topological polar surface area (TPSA) is 65.7 Å².